The van der Waals surface area contributed by atoms with Crippen molar-refractivity contribution in [3.63, 3.8) is 0 Å². The van der Waals surface area contributed by atoms with Crippen LogP contribution in [-0.2, 0) is 0 Å². The summed E-state index contributed by atoms with van der Waals surface area (Å²) in [6.07, 6.45) is 0.0389. The molecule has 3 rings (SSSR count). The molecule has 20 heavy (non-hydrogen) atoms. The highest BCUT2D eigenvalue weighted by molar-refractivity contribution is 9.10. The maximum absolute atomic E-state index is 10.4. The van der Waals surface area contributed by atoms with E-state index in [9.17, 15) is 5.11 Å². The first kappa shape index (κ1) is 13.7. The number of aryl methyl sites for hydroxylation is 2. The monoisotopic (exact) mass is 332 g/mol. The first-order valence-electron chi connectivity index (χ1n) is 6.76. The van der Waals surface area contributed by atoms with E-state index in [-0.39, 0.29) is 6.10 Å². The van der Waals surface area contributed by atoms with Crippen LogP contribution in [0.4, 0.5) is 0 Å². The Morgan fingerprint density at radius 2 is 1.95 bits per heavy atom. The summed E-state index contributed by atoms with van der Waals surface area (Å²) in [6.45, 7) is 4.08. The van der Waals surface area contributed by atoms with Crippen LogP contribution in [0.15, 0.2) is 40.9 Å². The number of ether oxygens (including phenoxy) is 1. The number of benzene rings is 2. The van der Waals surface area contributed by atoms with Gasteiger partial charge in [0.2, 0.25) is 0 Å². The summed E-state index contributed by atoms with van der Waals surface area (Å²) in [5.41, 5.74) is 4.32. The van der Waals surface area contributed by atoms with E-state index in [0.29, 0.717) is 6.42 Å². The Hall–Kier alpha value is -1.32. The summed E-state index contributed by atoms with van der Waals surface area (Å²) in [6, 6.07) is 12.2. The lowest BCUT2D eigenvalue weighted by atomic mass is 9.93. The van der Waals surface area contributed by atoms with Crippen molar-refractivity contribution in [3.8, 4) is 5.75 Å². The molecule has 0 fully saturated rings. The second-order valence-corrected chi connectivity index (χ2v) is 6.26. The summed E-state index contributed by atoms with van der Waals surface area (Å²) in [4.78, 5) is 0. The number of halogens is 1. The van der Waals surface area contributed by atoms with Crippen molar-refractivity contribution in [2.24, 2.45) is 0 Å². The fourth-order valence-electron chi connectivity index (χ4n) is 2.64. The van der Waals surface area contributed by atoms with Crippen molar-refractivity contribution in [1.82, 2.24) is 0 Å². The molecule has 1 N–H and O–H groups in total. The molecule has 2 unspecified atom stereocenters. The first-order valence-corrected chi connectivity index (χ1v) is 7.55. The number of fused-ring (bicyclic) bond motifs is 1. The van der Waals surface area contributed by atoms with Crippen LogP contribution in [0.5, 0.6) is 5.75 Å². The van der Waals surface area contributed by atoms with Gasteiger partial charge in [-0.25, -0.2) is 0 Å². The quantitative estimate of drug-likeness (QED) is 0.825. The zero-order valence-corrected chi connectivity index (χ0v) is 13.1. The fraction of sp³-hybridized carbons (Fsp3) is 0.294. The number of rotatable bonds is 1. The molecule has 2 aromatic carbocycles. The van der Waals surface area contributed by atoms with Gasteiger partial charge < -0.3 is 9.84 Å². The Morgan fingerprint density at radius 1 is 1.15 bits per heavy atom. The lowest BCUT2D eigenvalue weighted by Crippen LogP contribution is -2.19. The minimum Gasteiger partial charge on any atom is -0.485 e. The van der Waals surface area contributed by atoms with Gasteiger partial charge in [0, 0.05) is 16.5 Å². The summed E-state index contributed by atoms with van der Waals surface area (Å²) >= 11 is 3.51. The van der Waals surface area contributed by atoms with E-state index < -0.39 is 6.10 Å². The van der Waals surface area contributed by atoms with Crippen molar-refractivity contribution in [1.29, 1.82) is 0 Å². The Labute approximate surface area is 127 Å². The predicted octanol–water partition coefficient (Wildman–Crippen LogP) is 4.62. The minimum atomic E-state index is -0.465. The number of aliphatic hydroxyl groups excluding tert-OH is 1. The summed E-state index contributed by atoms with van der Waals surface area (Å²) in [7, 11) is 0. The first-order chi connectivity index (χ1) is 9.54. The number of aliphatic hydroxyl groups is 1. The maximum Gasteiger partial charge on any atom is 0.127 e. The van der Waals surface area contributed by atoms with Gasteiger partial charge in [0.25, 0.3) is 0 Å². The van der Waals surface area contributed by atoms with E-state index in [1.165, 1.54) is 5.56 Å². The number of hydrogen-bond donors (Lipinski definition) is 1. The largest absolute Gasteiger partial charge is 0.485 e. The van der Waals surface area contributed by atoms with Crippen LogP contribution < -0.4 is 4.74 Å². The second kappa shape index (κ2) is 5.23. The van der Waals surface area contributed by atoms with Gasteiger partial charge >= 0.3 is 0 Å². The third-order valence-corrected chi connectivity index (χ3v) is 4.67. The molecule has 3 heteroatoms. The molecule has 2 nitrogen and oxygen atoms in total. The minimum absolute atomic E-state index is 0.0907. The zero-order chi connectivity index (χ0) is 14.3. The lowest BCUT2D eigenvalue weighted by Gasteiger charge is -2.30. The Balaban J connectivity index is 1.94. The predicted molar refractivity (Wildman–Crippen MR) is 83.0 cm³/mol. The van der Waals surface area contributed by atoms with Gasteiger partial charge in [-0.15, -0.1) is 0 Å². The van der Waals surface area contributed by atoms with Crippen LogP contribution in [0.3, 0.4) is 0 Å². The number of hydrogen-bond acceptors (Lipinski definition) is 2. The third kappa shape index (κ3) is 2.48. The normalized spacial score (nSPS) is 21.2. The molecular formula is C17H17BrO2. The average Bonchev–Trinajstić information content (AvgIpc) is 2.42. The average molecular weight is 333 g/mol. The molecule has 0 aromatic heterocycles. The molecule has 1 aliphatic rings. The van der Waals surface area contributed by atoms with Gasteiger partial charge in [-0.3, -0.25) is 0 Å². The van der Waals surface area contributed by atoms with Crippen LogP contribution in [0.25, 0.3) is 0 Å². The molecule has 0 aliphatic carbocycles. The van der Waals surface area contributed by atoms with Crippen LogP contribution in [0.2, 0.25) is 0 Å². The van der Waals surface area contributed by atoms with Crippen molar-refractivity contribution < 1.29 is 9.84 Å². The van der Waals surface area contributed by atoms with Gasteiger partial charge in [-0.05, 0) is 43.2 Å². The SMILES string of the molecule is Cc1ccc2c(c1)C(O)CC(c1ccc(Br)c(C)c1)O2. The molecule has 0 spiro atoms. The molecule has 0 saturated heterocycles. The Kier molecular flexibility index (Phi) is 3.57. The van der Waals surface area contributed by atoms with Gasteiger partial charge in [-0.1, -0.05) is 39.7 Å². The van der Waals surface area contributed by atoms with E-state index in [4.69, 9.17) is 4.74 Å². The molecule has 2 atom stereocenters. The smallest absolute Gasteiger partial charge is 0.127 e. The highest BCUT2D eigenvalue weighted by Crippen LogP contribution is 2.41. The lowest BCUT2D eigenvalue weighted by molar-refractivity contribution is 0.0656. The summed E-state index contributed by atoms with van der Waals surface area (Å²) in [5.74, 6) is 0.792. The molecule has 1 aliphatic heterocycles. The topological polar surface area (TPSA) is 29.5 Å². The summed E-state index contributed by atoms with van der Waals surface area (Å²) < 4.78 is 7.15. The van der Waals surface area contributed by atoms with Crippen molar-refractivity contribution >= 4 is 15.9 Å². The Bertz CT molecular complexity index is 651. The van der Waals surface area contributed by atoms with Crippen molar-refractivity contribution in [2.45, 2.75) is 32.5 Å². The van der Waals surface area contributed by atoms with Crippen molar-refractivity contribution in [3.05, 3.63) is 63.1 Å². The van der Waals surface area contributed by atoms with E-state index >= 15 is 0 Å². The van der Waals surface area contributed by atoms with E-state index in [1.54, 1.807) is 0 Å². The highest BCUT2D eigenvalue weighted by Gasteiger charge is 2.28. The van der Waals surface area contributed by atoms with Gasteiger partial charge in [0.05, 0.1) is 6.10 Å². The molecule has 0 amide bonds. The molecule has 0 saturated carbocycles. The second-order valence-electron chi connectivity index (χ2n) is 5.41. The molecule has 2 aromatic rings. The van der Waals surface area contributed by atoms with E-state index in [1.807, 2.05) is 37.3 Å². The molecular weight excluding hydrogens is 316 g/mol. The van der Waals surface area contributed by atoms with Gasteiger partial charge in [0.15, 0.2) is 0 Å². The van der Waals surface area contributed by atoms with Crippen molar-refractivity contribution in [2.75, 3.05) is 0 Å². The highest BCUT2D eigenvalue weighted by atomic mass is 79.9. The summed E-state index contributed by atoms with van der Waals surface area (Å²) in [5, 5.41) is 10.4. The molecule has 104 valence electrons. The standard InChI is InChI=1S/C17H17BrO2/c1-10-3-6-16-13(7-10)15(19)9-17(20-16)12-4-5-14(18)11(2)8-12/h3-8,15,17,19H,9H2,1-2H3. The van der Waals surface area contributed by atoms with Crippen LogP contribution in [-0.4, -0.2) is 5.11 Å². The Morgan fingerprint density at radius 3 is 2.70 bits per heavy atom. The third-order valence-electron chi connectivity index (χ3n) is 3.78. The van der Waals surface area contributed by atoms with Gasteiger partial charge in [0.1, 0.15) is 11.9 Å². The van der Waals surface area contributed by atoms with E-state index in [0.717, 1.165) is 26.9 Å². The fourth-order valence-corrected chi connectivity index (χ4v) is 2.89. The van der Waals surface area contributed by atoms with E-state index in [2.05, 4.69) is 28.9 Å². The molecule has 1 heterocycles. The molecule has 0 radical (unpaired) electrons. The molecule has 0 bridgehead atoms. The van der Waals surface area contributed by atoms with Crippen LogP contribution >= 0.6 is 15.9 Å². The maximum atomic E-state index is 10.4. The van der Waals surface area contributed by atoms with Crippen LogP contribution in [0.1, 0.15) is 40.9 Å². The zero-order valence-electron chi connectivity index (χ0n) is 11.6. The van der Waals surface area contributed by atoms with Gasteiger partial charge in [-0.2, -0.15) is 0 Å². The van der Waals surface area contributed by atoms with Crippen LogP contribution in [0, 0.1) is 13.8 Å².